The largest absolute Gasteiger partial charge is 0.497 e. The van der Waals surface area contributed by atoms with Gasteiger partial charge in [0.15, 0.2) is 0 Å². The lowest BCUT2D eigenvalue weighted by Gasteiger charge is -2.47. The zero-order valence-electron chi connectivity index (χ0n) is 16.0. The highest BCUT2D eigenvalue weighted by Crippen LogP contribution is 2.52. The minimum absolute atomic E-state index is 0.336. The van der Waals surface area contributed by atoms with Crippen molar-refractivity contribution in [1.82, 2.24) is 0 Å². The summed E-state index contributed by atoms with van der Waals surface area (Å²) < 4.78 is 15.1. The smallest absolute Gasteiger partial charge is 0.314 e. The minimum atomic E-state index is -1.74. The fraction of sp³-hybridized carbons (Fsp3) is 0.429. The lowest BCUT2D eigenvalue weighted by Crippen LogP contribution is -2.53. The molecule has 3 rings (SSSR count). The van der Waals surface area contributed by atoms with E-state index in [-0.39, 0.29) is 6.42 Å². The molecule has 0 heterocycles. The Morgan fingerprint density at radius 1 is 1.11 bits per heavy atom. The molecule has 0 bridgehead atoms. The van der Waals surface area contributed by atoms with Gasteiger partial charge in [0, 0.05) is 0 Å². The quantitative estimate of drug-likeness (QED) is 0.831. The van der Waals surface area contributed by atoms with Crippen LogP contribution in [0.1, 0.15) is 30.9 Å². The molecule has 2 aromatic rings. The molecule has 6 heteroatoms. The molecular formula is C21H24O6. The topological polar surface area (TPSA) is 82.1 Å². The number of esters is 2. The molecule has 0 saturated heterocycles. The summed E-state index contributed by atoms with van der Waals surface area (Å²) in [6, 6.07) is 9.39. The van der Waals surface area contributed by atoms with Crippen LogP contribution in [0.2, 0.25) is 0 Å². The molecule has 2 atom stereocenters. The number of ether oxygens (including phenoxy) is 3. The van der Waals surface area contributed by atoms with Crippen molar-refractivity contribution in [3.63, 3.8) is 0 Å². The fourth-order valence-electron chi connectivity index (χ4n) is 4.09. The van der Waals surface area contributed by atoms with Crippen LogP contribution in [0, 0.1) is 5.41 Å². The first kappa shape index (κ1) is 19.2. The van der Waals surface area contributed by atoms with Gasteiger partial charge in [-0.1, -0.05) is 18.2 Å². The van der Waals surface area contributed by atoms with Gasteiger partial charge in [0.2, 0.25) is 0 Å². The van der Waals surface area contributed by atoms with Gasteiger partial charge in [-0.15, -0.1) is 0 Å². The van der Waals surface area contributed by atoms with Crippen molar-refractivity contribution in [3.8, 4) is 5.75 Å². The van der Waals surface area contributed by atoms with Crippen LogP contribution in [0.25, 0.3) is 10.8 Å². The van der Waals surface area contributed by atoms with Crippen molar-refractivity contribution in [3.05, 3.63) is 41.5 Å². The van der Waals surface area contributed by atoms with E-state index in [1.807, 2.05) is 24.3 Å². The summed E-state index contributed by atoms with van der Waals surface area (Å²) in [5.74, 6) is -0.440. The van der Waals surface area contributed by atoms with Crippen LogP contribution >= 0.6 is 0 Å². The fourth-order valence-corrected chi connectivity index (χ4v) is 4.09. The maximum atomic E-state index is 12.6. The summed E-state index contributed by atoms with van der Waals surface area (Å²) in [6.07, 6.45) is 0.572. The summed E-state index contributed by atoms with van der Waals surface area (Å²) in [4.78, 5) is 24.7. The zero-order valence-corrected chi connectivity index (χ0v) is 16.0. The highest BCUT2D eigenvalue weighted by molar-refractivity contribution is 5.90. The van der Waals surface area contributed by atoms with E-state index in [4.69, 9.17) is 14.2 Å². The first-order valence-electron chi connectivity index (χ1n) is 8.78. The van der Waals surface area contributed by atoms with Crippen molar-refractivity contribution in [1.29, 1.82) is 0 Å². The molecule has 0 radical (unpaired) electrons. The van der Waals surface area contributed by atoms with Crippen LogP contribution in [-0.4, -0.2) is 38.4 Å². The number of hydrogen-bond acceptors (Lipinski definition) is 6. The predicted octanol–water partition coefficient (Wildman–Crippen LogP) is 2.72. The average molecular weight is 372 g/mol. The molecular weight excluding hydrogens is 348 g/mol. The molecule has 0 aromatic heterocycles. The summed E-state index contributed by atoms with van der Waals surface area (Å²) >= 11 is 0. The van der Waals surface area contributed by atoms with Crippen LogP contribution in [0.15, 0.2) is 30.3 Å². The number of methoxy groups -OCH3 is 3. The van der Waals surface area contributed by atoms with E-state index in [2.05, 4.69) is 0 Å². The lowest BCUT2D eigenvalue weighted by atomic mass is 9.60. The Kier molecular flexibility index (Phi) is 4.86. The standard InChI is InChI=1S/C21H24O6/c1-20(19(23)27-4)10-9-15-16-11-14(25-2)7-5-13(16)6-8-17(15)21(20,24)12-18(22)26-3/h5-8,11,24H,9-10,12H2,1-4H3. The van der Waals surface area contributed by atoms with Crippen molar-refractivity contribution in [2.24, 2.45) is 5.41 Å². The van der Waals surface area contributed by atoms with Crippen LogP contribution in [0.3, 0.4) is 0 Å². The Morgan fingerprint density at radius 3 is 2.44 bits per heavy atom. The molecule has 2 unspecified atom stereocenters. The third-order valence-corrected chi connectivity index (χ3v) is 5.84. The van der Waals surface area contributed by atoms with Gasteiger partial charge in [0.1, 0.15) is 11.4 Å². The Hall–Kier alpha value is -2.60. The van der Waals surface area contributed by atoms with Gasteiger partial charge in [-0.2, -0.15) is 0 Å². The number of hydrogen-bond donors (Lipinski definition) is 1. The van der Waals surface area contributed by atoms with Crippen molar-refractivity contribution < 1.29 is 28.9 Å². The van der Waals surface area contributed by atoms with Gasteiger partial charge in [0.05, 0.1) is 33.2 Å². The third kappa shape index (κ3) is 2.84. The van der Waals surface area contributed by atoms with Crippen LogP contribution in [0.5, 0.6) is 5.75 Å². The van der Waals surface area contributed by atoms with Crippen molar-refractivity contribution >= 4 is 22.7 Å². The first-order chi connectivity index (χ1) is 12.8. The van der Waals surface area contributed by atoms with Crippen LogP contribution in [0.4, 0.5) is 0 Å². The number of rotatable bonds is 4. The van der Waals surface area contributed by atoms with E-state index in [0.29, 0.717) is 24.2 Å². The van der Waals surface area contributed by atoms with E-state index < -0.39 is 23.0 Å². The Balaban J connectivity index is 2.27. The monoisotopic (exact) mass is 372 g/mol. The molecule has 1 N–H and O–H groups in total. The minimum Gasteiger partial charge on any atom is -0.497 e. The zero-order chi connectivity index (χ0) is 19.8. The molecule has 0 fully saturated rings. The van der Waals surface area contributed by atoms with Gasteiger partial charge < -0.3 is 19.3 Å². The number of carbonyl (C=O) groups excluding carboxylic acids is 2. The summed E-state index contributed by atoms with van der Waals surface area (Å²) in [5.41, 5.74) is -1.56. The van der Waals surface area contributed by atoms with Gasteiger partial charge in [-0.25, -0.2) is 0 Å². The molecule has 144 valence electrons. The number of aryl methyl sites for hydroxylation is 1. The van der Waals surface area contributed by atoms with E-state index in [0.717, 1.165) is 16.3 Å². The van der Waals surface area contributed by atoms with Crippen molar-refractivity contribution in [2.45, 2.75) is 31.8 Å². The Morgan fingerprint density at radius 2 is 1.81 bits per heavy atom. The Labute approximate surface area is 158 Å². The van der Waals surface area contributed by atoms with Gasteiger partial charge in [0.25, 0.3) is 0 Å². The van der Waals surface area contributed by atoms with E-state index >= 15 is 0 Å². The Bertz CT molecular complexity index is 905. The molecule has 0 saturated carbocycles. The molecule has 0 spiro atoms. The number of aliphatic hydroxyl groups is 1. The SMILES string of the molecule is COC(=O)CC1(O)c2ccc3ccc(OC)cc3c2CCC1(C)C(=O)OC. The number of fused-ring (bicyclic) bond motifs is 3. The molecule has 27 heavy (non-hydrogen) atoms. The molecule has 0 aliphatic heterocycles. The number of carbonyl (C=O) groups is 2. The second-order valence-corrected chi connectivity index (χ2v) is 7.12. The molecule has 1 aliphatic rings. The predicted molar refractivity (Wildman–Crippen MR) is 99.5 cm³/mol. The summed E-state index contributed by atoms with van der Waals surface area (Å²) in [6.45, 7) is 1.64. The first-order valence-corrected chi connectivity index (χ1v) is 8.78. The van der Waals surface area contributed by atoms with Crippen molar-refractivity contribution in [2.75, 3.05) is 21.3 Å². The highest BCUT2D eigenvalue weighted by atomic mass is 16.5. The maximum absolute atomic E-state index is 12.6. The average Bonchev–Trinajstić information content (AvgIpc) is 2.69. The number of benzene rings is 2. The lowest BCUT2D eigenvalue weighted by molar-refractivity contribution is -0.181. The van der Waals surface area contributed by atoms with Gasteiger partial charge in [-0.05, 0) is 53.8 Å². The van der Waals surface area contributed by atoms with E-state index in [9.17, 15) is 14.7 Å². The van der Waals surface area contributed by atoms with Gasteiger partial charge in [-0.3, -0.25) is 9.59 Å². The van der Waals surface area contributed by atoms with Gasteiger partial charge >= 0.3 is 11.9 Å². The molecule has 1 aliphatic carbocycles. The third-order valence-electron chi connectivity index (χ3n) is 5.84. The van der Waals surface area contributed by atoms with E-state index in [1.165, 1.54) is 14.2 Å². The van der Waals surface area contributed by atoms with Crippen LogP contribution in [-0.2, 0) is 31.1 Å². The maximum Gasteiger partial charge on any atom is 0.314 e. The molecule has 0 amide bonds. The normalized spacial score (nSPS) is 24.2. The van der Waals surface area contributed by atoms with E-state index in [1.54, 1.807) is 20.1 Å². The molecule has 6 nitrogen and oxygen atoms in total. The second-order valence-electron chi connectivity index (χ2n) is 7.12. The highest BCUT2D eigenvalue weighted by Gasteiger charge is 2.58. The van der Waals surface area contributed by atoms with Crippen LogP contribution < -0.4 is 4.74 Å². The second kappa shape index (κ2) is 6.85. The molecule has 2 aromatic carbocycles. The summed E-state index contributed by atoms with van der Waals surface area (Å²) in [5, 5.41) is 13.6. The summed E-state index contributed by atoms with van der Waals surface area (Å²) in [7, 11) is 4.14.